The third-order valence-electron chi connectivity index (χ3n) is 7.45. The summed E-state index contributed by atoms with van der Waals surface area (Å²) in [7, 11) is 0. The molecule has 204 valence electrons. The number of nitrogens with one attached hydrogen (secondary N) is 2. The number of rotatable bonds is 8. The fourth-order valence-corrected chi connectivity index (χ4v) is 6.21. The van der Waals surface area contributed by atoms with Gasteiger partial charge in [-0.05, 0) is 44.4 Å². The first-order chi connectivity index (χ1) is 18.8. The average molecular weight is 555 g/mol. The van der Waals surface area contributed by atoms with Gasteiger partial charge in [0.25, 0.3) is 0 Å². The number of fused-ring (bicyclic) bond motifs is 1. The molecule has 0 saturated heterocycles. The Morgan fingerprint density at radius 3 is 2.51 bits per heavy atom. The van der Waals surface area contributed by atoms with Crippen molar-refractivity contribution >= 4 is 33.3 Å². The summed E-state index contributed by atoms with van der Waals surface area (Å²) in [5, 5.41) is 37.5. The van der Waals surface area contributed by atoms with E-state index in [9.17, 15) is 24.1 Å². The van der Waals surface area contributed by atoms with Crippen molar-refractivity contribution in [3.63, 3.8) is 0 Å². The molecule has 3 aromatic heterocycles. The van der Waals surface area contributed by atoms with Crippen molar-refractivity contribution in [2.24, 2.45) is 5.92 Å². The summed E-state index contributed by atoms with van der Waals surface area (Å²) in [5.74, 6) is -0.943. The van der Waals surface area contributed by atoms with Gasteiger partial charge in [-0.3, -0.25) is 4.98 Å². The fourth-order valence-electron chi connectivity index (χ4n) is 5.14. The van der Waals surface area contributed by atoms with Gasteiger partial charge in [0.15, 0.2) is 0 Å². The van der Waals surface area contributed by atoms with Crippen molar-refractivity contribution in [1.29, 1.82) is 0 Å². The molecule has 12 heteroatoms. The molecule has 0 amide bonds. The highest BCUT2D eigenvalue weighted by atomic mass is 32.1. The van der Waals surface area contributed by atoms with Gasteiger partial charge in [-0.25, -0.2) is 18.7 Å². The van der Waals surface area contributed by atoms with Crippen molar-refractivity contribution in [2.75, 3.05) is 17.2 Å². The molecule has 9 nitrogen and oxygen atoms in total. The Bertz CT molecular complexity index is 1510. The molecule has 0 spiro atoms. The van der Waals surface area contributed by atoms with Gasteiger partial charge in [0.05, 0.1) is 33.8 Å². The molecule has 2 saturated carbocycles. The Morgan fingerprint density at radius 1 is 1.05 bits per heavy atom. The highest BCUT2D eigenvalue weighted by molar-refractivity contribution is 7.21. The minimum atomic E-state index is -1.13. The third-order valence-corrected chi connectivity index (χ3v) is 8.48. The van der Waals surface area contributed by atoms with E-state index in [1.54, 1.807) is 13.1 Å². The van der Waals surface area contributed by atoms with Crippen molar-refractivity contribution < 1.29 is 24.1 Å². The van der Waals surface area contributed by atoms with Crippen molar-refractivity contribution in [1.82, 2.24) is 19.9 Å². The van der Waals surface area contributed by atoms with Crippen LogP contribution in [0, 0.1) is 24.5 Å². The molecule has 3 heterocycles. The van der Waals surface area contributed by atoms with Crippen LogP contribution in [0.1, 0.15) is 42.1 Å². The zero-order valence-corrected chi connectivity index (χ0v) is 21.9. The molecule has 1 aromatic carbocycles. The zero-order valence-electron chi connectivity index (χ0n) is 21.1. The van der Waals surface area contributed by atoms with E-state index in [1.165, 1.54) is 29.5 Å². The van der Waals surface area contributed by atoms with Crippen molar-refractivity contribution in [3.05, 3.63) is 59.0 Å². The van der Waals surface area contributed by atoms with Crippen LogP contribution in [-0.4, -0.2) is 60.1 Å². The summed E-state index contributed by atoms with van der Waals surface area (Å²) in [6.07, 6.45) is 2.07. The number of aromatic nitrogens is 4. The SMILES string of the molecule is Cc1nc(NCc2c(F)cccc2F)nc(N[C@@H]2C[C@H](CO)[C@@H](O)[C@H]2O)c1-c1nc2c(C3CC3)nccc2s1. The van der Waals surface area contributed by atoms with E-state index in [0.717, 1.165) is 28.8 Å². The lowest BCUT2D eigenvalue weighted by Gasteiger charge is -2.21. The second-order valence-corrected chi connectivity index (χ2v) is 11.2. The van der Waals surface area contributed by atoms with E-state index in [0.29, 0.717) is 34.4 Å². The van der Waals surface area contributed by atoms with Crippen molar-refractivity contribution in [2.45, 2.75) is 56.9 Å². The van der Waals surface area contributed by atoms with Crippen LogP contribution in [0.3, 0.4) is 0 Å². The topological polar surface area (TPSA) is 136 Å². The maximum absolute atomic E-state index is 14.2. The number of hydrogen-bond acceptors (Lipinski definition) is 10. The molecule has 39 heavy (non-hydrogen) atoms. The summed E-state index contributed by atoms with van der Waals surface area (Å²) in [6.45, 7) is 1.35. The molecule has 0 aliphatic heterocycles. The van der Waals surface area contributed by atoms with Gasteiger partial charge in [-0.15, -0.1) is 11.3 Å². The molecule has 2 aliphatic rings. The molecule has 6 rings (SSSR count). The quantitative estimate of drug-likeness (QED) is 0.221. The molecular formula is C27H28F2N6O3S. The van der Waals surface area contributed by atoms with E-state index < -0.39 is 35.8 Å². The second kappa shape index (κ2) is 10.3. The number of thiazole rings is 1. The first kappa shape index (κ1) is 25.9. The molecule has 2 aliphatic carbocycles. The van der Waals surface area contributed by atoms with E-state index in [-0.39, 0.29) is 24.7 Å². The number of aryl methyl sites for hydroxylation is 1. The van der Waals surface area contributed by atoms with Gasteiger partial charge in [-0.2, -0.15) is 4.98 Å². The highest BCUT2D eigenvalue weighted by Crippen LogP contribution is 2.44. The van der Waals surface area contributed by atoms with Crippen LogP contribution >= 0.6 is 11.3 Å². The number of hydrogen-bond donors (Lipinski definition) is 5. The summed E-state index contributed by atoms with van der Waals surface area (Å²) < 4.78 is 29.4. The number of benzene rings is 1. The van der Waals surface area contributed by atoms with Crippen LogP contribution in [0.25, 0.3) is 20.8 Å². The van der Waals surface area contributed by atoms with Crippen LogP contribution in [0.2, 0.25) is 0 Å². The molecule has 0 unspecified atom stereocenters. The lowest BCUT2D eigenvalue weighted by atomic mass is 10.1. The van der Waals surface area contributed by atoms with Gasteiger partial charge in [0.2, 0.25) is 5.95 Å². The Balaban J connectivity index is 1.39. The Kier molecular flexibility index (Phi) is 6.88. The van der Waals surface area contributed by atoms with Crippen molar-refractivity contribution in [3.8, 4) is 10.6 Å². The summed E-state index contributed by atoms with van der Waals surface area (Å²) in [5.41, 5.74) is 2.88. The van der Waals surface area contributed by atoms with E-state index >= 15 is 0 Å². The lowest BCUT2D eigenvalue weighted by molar-refractivity contribution is 0.00446. The maximum atomic E-state index is 14.2. The van der Waals surface area contributed by atoms with E-state index in [1.807, 2.05) is 6.07 Å². The van der Waals surface area contributed by atoms with Gasteiger partial charge < -0.3 is 26.0 Å². The monoisotopic (exact) mass is 554 g/mol. The van der Waals surface area contributed by atoms with Gasteiger partial charge in [0.1, 0.15) is 34.1 Å². The van der Waals surface area contributed by atoms with Crippen LogP contribution < -0.4 is 10.6 Å². The first-order valence-electron chi connectivity index (χ1n) is 12.9. The minimum absolute atomic E-state index is 0.134. The van der Waals surface area contributed by atoms with E-state index in [2.05, 4.69) is 25.6 Å². The Hall–Kier alpha value is -3.32. The Labute approximate surface area is 227 Å². The summed E-state index contributed by atoms with van der Waals surface area (Å²) >= 11 is 1.48. The zero-order chi connectivity index (χ0) is 27.3. The largest absolute Gasteiger partial charge is 0.396 e. The number of aliphatic hydroxyl groups is 3. The minimum Gasteiger partial charge on any atom is -0.396 e. The predicted octanol–water partition coefficient (Wildman–Crippen LogP) is 3.74. The molecule has 4 atom stereocenters. The van der Waals surface area contributed by atoms with Gasteiger partial charge in [-0.1, -0.05) is 6.07 Å². The summed E-state index contributed by atoms with van der Waals surface area (Å²) in [6, 6.07) is 5.00. The third kappa shape index (κ3) is 4.93. The Morgan fingerprint density at radius 2 is 1.82 bits per heavy atom. The smallest absolute Gasteiger partial charge is 0.225 e. The molecule has 0 radical (unpaired) electrons. The maximum Gasteiger partial charge on any atom is 0.225 e. The standard InChI is InChI=1S/C27H28F2N6O3S/c1-12-20(26-34-22-19(39-26)7-8-30-21(22)13-5-6-13)25(33-18-9-14(11-36)23(37)24(18)38)35-27(32-12)31-10-15-16(28)3-2-4-17(15)29/h2-4,7-8,13-14,18,23-24,36-38H,5-6,9-11H2,1H3,(H2,31,32,33,35)/t14-,18-,23-,24+/m1/s1. The van der Waals surface area contributed by atoms with E-state index in [4.69, 9.17) is 4.98 Å². The predicted molar refractivity (Wildman–Crippen MR) is 143 cm³/mol. The second-order valence-electron chi connectivity index (χ2n) is 10.2. The molecular weight excluding hydrogens is 526 g/mol. The fraction of sp³-hybridized carbons (Fsp3) is 0.407. The number of halogens is 2. The molecule has 4 aromatic rings. The number of nitrogens with zero attached hydrogens (tertiary/aromatic N) is 4. The average Bonchev–Trinajstić information content (AvgIpc) is 3.61. The number of anilines is 2. The van der Waals surface area contributed by atoms with Crippen LogP contribution in [0.4, 0.5) is 20.5 Å². The first-order valence-corrected chi connectivity index (χ1v) is 13.7. The van der Waals surface area contributed by atoms with Crippen LogP contribution in [0.15, 0.2) is 30.5 Å². The van der Waals surface area contributed by atoms with Gasteiger partial charge >= 0.3 is 0 Å². The molecule has 2 fully saturated rings. The summed E-state index contributed by atoms with van der Waals surface area (Å²) in [4.78, 5) is 18.7. The highest BCUT2D eigenvalue weighted by Gasteiger charge is 2.41. The molecule has 5 N–H and O–H groups in total. The molecule has 0 bridgehead atoms. The van der Waals surface area contributed by atoms with Gasteiger partial charge in [0, 0.05) is 36.7 Å². The van der Waals surface area contributed by atoms with Crippen LogP contribution in [-0.2, 0) is 6.54 Å². The number of aliphatic hydroxyl groups excluding tert-OH is 3. The van der Waals surface area contributed by atoms with Crippen LogP contribution in [0.5, 0.6) is 0 Å². The lowest BCUT2D eigenvalue weighted by Crippen LogP contribution is -2.35. The number of pyridine rings is 1. The normalized spacial score (nSPS) is 22.9.